The summed E-state index contributed by atoms with van der Waals surface area (Å²) in [7, 11) is 4.71. The van der Waals surface area contributed by atoms with Crippen molar-refractivity contribution in [1.29, 1.82) is 0 Å². The lowest BCUT2D eigenvalue weighted by Crippen LogP contribution is -2.51. The second-order valence-electron chi connectivity index (χ2n) is 21.4. The van der Waals surface area contributed by atoms with Crippen LogP contribution in [-0.4, -0.2) is 143 Å². The summed E-state index contributed by atoms with van der Waals surface area (Å²) in [6.07, 6.45) is 4.36. The lowest BCUT2D eigenvalue weighted by Gasteiger charge is -2.42. The first-order valence-corrected chi connectivity index (χ1v) is 31.3. The molecule has 0 amide bonds. The van der Waals surface area contributed by atoms with Crippen LogP contribution in [0.15, 0.2) is 119 Å². The van der Waals surface area contributed by atoms with E-state index >= 15 is 0 Å². The second-order valence-corrected chi connectivity index (χ2v) is 24.1. The fourth-order valence-corrected chi connectivity index (χ4v) is 12.1. The van der Waals surface area contributed by atoms with Gasteiger partial charge in [0.2, 0.25) is 0 Å². The van der Waals surface area contributed by atoms with Crippen LogP contribution in [0.2, 0.25) is 0 Å². The molecule has 87 heavy (non-hydrogen) atoms. The Kier molecular flexibility index (Phi) is 25.1. The number of nitrogens with zero attached hydrogens (tertiary/aromatic N) is 2. The molecule has 0 saturated carbocycles. The van der Waals surface area contributed by atoms with Gasteiger partial charge in [0.1, 0.15) is 46.4 Å². The van der Waals surface area contributed by atoms with Crippen LogP contribution in [0.1, 0.15) is 76.6 Å². The van der Waals surface area contributed by atoms with Gasteiger partial charge in [-0.3, -0.25) is 9.59 Å². The number of unbranched alkanes of at least 4 members (excludes halogenated alkanes) is 2. The molecule has 6 aromatic rings. The molecular weight excluding hydrogens is 1160 g/mol. The zero-order valence-corrected chi connectivity index (χ0v) is 53.1. The first-order valence-electron chi connectivity index (χ1n) is 28.5. The fourth-order valence-electron chi connectivity index (χ4n) is 11.1. The molecule has 22 heteroatoms. The topological polar surface area (TPSA) is 241 Å². The Morgan fingerprint density at radius 1 is 0.437 bits per heavy atom. The Hall–Kier alpha value is -7.60. The van der Waals surface area contributed by atoms with Gasteiger partial charge in [0, 0.05) is 46.2 Å². The number of benzene rings is 6. The van der Waals surface area contributed by atoms with E-state index in [1.807, 2.05) is 12.1 Å². The van der Waals surface area contributed by atoms with Crippen LogP contribution in [0, 0.1) is 13.8 Å². The number of fused-ring (bicyclic) bond motifs is 2. The molecule has 0 aliphatic carbocycles. The molecule has 0 N–H and O–H groups in total. The van der Waals surface area contributed by atoms with Crippen LogP contribution >= 0.6 is 0 Å². The van der Waals surface area contributed by atoms with Crippen molar-refractivity contribution in [1.82, 2.24) is 0 Å². The summed E-state index contributed by atoms with van der Waals surface area (Å²) in [6.45, 7) is 10.5. The molecule has 20 nitrogen and oxygen atoms in total. The molecular formula is C65H82N2O18S2. The molecule has 2 heterocycles. The largest absolute Gasteiger partial charge is 0.744 e. The predicted octanol–water partition coefficient (Wildman–Crippen LogP) is 9.44. The molecule has 2 aliphatic rings. The fraction of sp³-hybridized carbons (Fsp3) is 0.415. The highest BCUT2D eigenvalue weighted by Gasteiger charge is 2.38. The van der Waals surface area contributed by atoms with Crippen molar-refractivity contribution < 1.29 is 91.9 Å². The Morgan fingerprint density at radius 3 is 1.07 bits per heavy atom. The summed E-state index contributed by atoms with van der Waals surface area (Å²) < 4.78 is 120. The van der Waals surface area contributed by atoms with Gasteiger partial charge in [-0.2, -0.15) is 0 Å². The van der Waals surface area contributed by atoms with E-state index in [4.69, 9.17) is 47.4 Å². The van der Waals surface area contributed by atoms with E-state index in [2.05, 4.69) is 50.2 Å². The number of ether oxygens (including phenoxy) is 10. The molecule has 0 aromatic heterocycles. The molecule has 0 radical (unpaired) electrons. The van der Waals surface area contributed by atoms with Crippen molar-refractivity contribution in [2.24, 2.45) is 0 Å². The van der Waals surface area contributed by atoms with Crippen molar-refractivity contribution in [3.63, 3.8) is 0 Å². The SMILES string of the molecule is COc1cc2c(cc1OC)C[N+](CCC(=O)OCCCCCOC(=O)CC[N+]1(Cc3ccc(OC)c(OC)c3C)CCc3cc(OC)c(OC)cc3C1)(Cc1ccc(OC)c(OC)c1C)CC2.O=S(=O)([O-])c1ccccc1.O=S(=O)([O-])c1ccccc1. The van der Waals surface area contributed by atoms with Gasteiger partial charge in [0.05, 0.1) is 119 Å². The summed E-state index contributed by atoms with van der Waals surface area (Å²) in [5, 5.41) is 0. The summed E-state index contributed by atoms with van der Waals surface area (Å²) >= 11 is 0. The van der Waals surface area contributed by atoms with E-state index in [-0.39, 0.29) is 34.6 Å². The summed E-state index contributed by atoms with van der Waals surface area (Å²) in [6, 6.07) is 30.8. The third-order valence-electron chi connectivity index (χ3n) is 15.9. The molecule has 0 spiro atoms. The maximum absolute atomic E-state index is 13.3. The lowest BCUT2D eigenvalue weighted by molar-refractivity contribution is -0.955. The van der Waals surface area contributed by atoms with Crippen LogP contribution < -0.4 is 37.9 Å². The van der Waals surface area contributed by atoms with E-state index in [0.29, 0.717) is 84.2 Å². The lowest BCUT2D eigenvalue weighted by atomic mass is 9.94. The average molecular weight is 1240 g/mol. The molecule has 0 fully saturated rings. The normalized spacial score (nSPS) is 16.0. The minimum absolute atomic E-state index is 0.185. The Morgan fingerprint density at radius 2 is 0.770 bits per heavy atom. The molecule has 472 valence electrons. The number of hydrogen-bond acceptors (Lipinski definition) is 18. The molecule has 6 aromatic carbocycles. The van der Waals surface area contributed by atoms with Crippen LogP contribution in [0.3, 0.4) is 0 Å². The van der Waals surface area contributed by atoms with Crippen molar-refractivity contribution >= 4 is 32.2 Å². The molecule has 0 saturated heterocycles. The van der Waals surface area contributed by atoms with E-state index in [1.165, 1.54) is 70.8 Å². The summed E-state index contributed by atoms with van der Waals surface area (Å²) in [5.41, 5.74) is 9.14. The monoisotopic (exact) mass is 1240 g/mol. The minimum atomic E-state index is -4.25. The first-order chi connectivity index (χ1) is 41.6. The third-order valence-corrected chi connectivity index (χ3v) is 17.6. The Labute approximate surface area is 512 Å². The number of quaternary nitrogens is 2. The van der Waals surface area contributed by atoms with Crippen molar-refractivity contribution in [2.45, 2.75) is 94.8 Å². The van der Waals surface area contributed by atoms with Gasteiger partial charge in [0.15, 0.2) is 46.0 Å². The maximum atomic E-state index is 13.3. The van der Waals surface area contributed by atoms with Crippen molar-refractivity contribution in [2.75, 3.05) is 96.3 Å². The van der Waals surface area contributed by atoms with E-state index in [1.54, 1.807) is 69.0 Å². The number of esters is 2. The van der Waals surface area contributed by atoms with Crippen LogP contribution in [0.5, 0.6) is 46.0 Å². The van der Waals surface area contributed by atoms with Gasteiger partial charge in [-0.25, -0.2) is 16.8 Å². The second kappa shape index (κ2) is 31.9. The molecule has 2 aliphatic heterocycles. The zero-order chi connectivity index (χ0) is 63.4. The number of hydrogen-bond donors (Lipinski definition) is 0. The number of methoxy groups -OCH3 is 8. The van der Waals surface area contributed by atoms with E-state index in [0.717, 1.165) is 90.7 Å². The Bertz CT molecular complexity index is 3270. The highest BCUT2D eigenvalue weighted by molar-refractivity contribution is 7.86. The van der Waals surface area contributed by atoms with Gasteiger partial charge in [-0.05, 0) is 117 Å². The number of carbonyl (C=O) groups is 2. The molecule has 2 atom stereocenters. The number of carbonyl (C=O) groups excluding carboxylic acids is 2. The predicted molar refractivity (Wildman–Crippen MR) is 324 cm³/mol. The van der Waals surface area contributed by atoms with Gasteiger partial charge >= 0.3 is 11.9 Å². The molecule has 0 bridgehead atoms. The zero-order valence-electron chi connectivity index (χ0n) is 51.5. The van der Waals surface area contributed by atoms with Crippen LogP contribution in [0.4, 0.5) is 0 Å². The quantitative estimate of drug-likeness (QED) is 0.0212. The van der Waals surface area contributed by atoms with Gasteiger partial charge in [-0.1, -0.05) is 36.4 Å². The minimum Gasteiger partial charge on any atom is -0.744 e. The summed E-state index contributed by atoms with van der Waals surface area (Å²) in [5.74, 6) is 5.20. The van der Waals surface area contributed by atoms with Gasteiger partial charge in [0.25, 0.3) is 0 Å². The molecule has 2 unspecified atom stereocenters. The Balaban J connectivity index is 0.000000507. The first kappa shape index (κ1) is 68.5. The van der Waals surface area contributed by atoms with E-state index in [9.17, 15) is 35.5 Å². The van der Waals surface area contributed by atoms with Crippen LogP contribution in [-0.2, 0) is 78.3 Å². The van der Waals surface area contributed by atoms with Gasteiger partial charge in [-0.15, -0.1) is 0 Å². The maximum Gasteiger partial charge on any atom is 0.311 e. The standard InChI is InChI=1S/C53H72N2O12.2C6H6O3S/c1-36-40(14-16-44(58-3)52(36)64-9)32-54(22-18-38-28-46(60-5)48(62-7)30-42(38)34-54)24-20-50(56)66-26-12-11-13-27-67-51(57)21-25-55(33-41-15-17-45(59-4)53(65-10)37(41)2)23-19-39-29-47(61-6)49(63-8)31-43(39)35-55;2*7-10(8,9)6-4-2-1-3-5-6/h14-17,28-31H,11-13,18-27,32-35H2,1-10H3;2*1-5H,(H,7,8,9)/q+2;;/p-2. The van der Waals surface area contributed by atoms with Crippen molar-refractivity contribution in [3.8, 4) is 46.0 Å². The highest BCUT2D eigenvalue weighted by Crippen LogP contribution is 2.41. The smallest absolute Gasteiger partial charge is 0.311 e. The number of rotatable bonds is 26. The summed E-state index contributed by atoms with van der Waals surface area (Å²) in [4.78, 5) is 26.2. The van der Waals surface area contributed by atoms with Crippen LogP contribution in [0.25, 0.3) is 0 Å². The van der Waals surface area contributed by atoms with Crippen molar-refractivity contribution in [3.05, 3.63) is 154 Å². The molecule has 8 rings (SSSR count). The van der Waals surface area contributed by atoms with E-state index < -0.39 is 20.2 Å². The third kappa shape index (κ3) is 18.7. The van der Waals surface area contributed by atoms with Gasteiger partial charge < -0.3 is 65.4 Å². The average Bonchev–Trinajstić information content (AvgIpc) is 1.12. The highest BCUT2D eigenvalue weighted by atomic mass is 32.2.